The van der Waals surface area contributed by atoms with Crippen molar-refractivity contribution >= 4 is 0 Å². The molecule has 0 spiro atoms. The molecular weight excluding hydrogens is 342 g/mol. The third-order valence-electron chi connectivity index (χ3n) is 5.32. The van der Waals surface area contributed by atoms with Crippen LogP contribution in [0.3, 0.4) is 0 Å². The molecule has 1 aromatic rings. The number of hydrogen-bond donors (Lipinski definition) is 2. The van der Waals surface area contributed by atoms with Crippen LogP contribution >= 0.6 is 0 Å². The van der Waals surface area contributed by atoms with E-state index in [9.17, 15) is 15.8 Å². The molecule has 2 aliphatic rings. The molecule has 0 bridgehead atoms. The standard InChI is InChI=1S/C20H19N5O2/c1-26-12-3-4-17(27-2)14(7-12)18-16-9-25-6-5-13(16)15(8-21)19(24)20(18,10-22)11-23/h3-5,7,16,18,25H,6,9,24H2,1-2H3/t16-,18+/m0/s1. The number of hydrogen-bond acceptors (Lipinski definition) is 7. The van der Waals surface area contributed by atoms with E-state index in [0.717, 1.165) is 5.57 Å². The van der Waals surface area contributed by atoms with E-state index in [1.807, 2.05) is 6.08 Å². The van der Waals surface area contributed by atoms with Crippen LogP contribution in [-0.4, -0.2) is 27.3 Å². The molecule has 0 radical (unpaired) electrons. The predicted octanol–water partition coefficient (Wildman–Crippen LogP) is 1.72. The largest absolute Gasteiger partial charge is 0.497 e. The minimum absolute atomic E-state index is 0.00530. The van der Waals surface area contributed by atoms with Crippen molar-refractivity contribution in [1.29, 1.82) is 15.8 Å². The molecule has 1 aromatic carbocycles. The lowest BCUT2D eigenvalue weighted by atomic mass is 9.58. The summed E-state index contributed by atoms with van der Waals surface area (Å²) in [5.74, 6) is 0.224. The number of nitriles is 3. The Morgan fingerprint density at radius 3 is 2.52 bits per heavy atom. The lowest BCUT2D eigenvalue weighted by Gasteiger charge is -2.43. The number of rotatable bonds is 3. The highest BCUT2D eigenvalue weighted by Gasteiger charge is 2.54. The molecule has 0 aromatic heterocycles. The van der Waals surface area contributed by atoms with Gasteiger partial charge >= 0.3 is 0 Å². The molecule has 1 heterocycles. The van der Waals surface area contributed by atoms with Crippen molar-refractivity contribution in [2.24, 2.45) is 17.1 Å². The molecule has 7 nitrogen and oxygen atoms in total. The third-order valence-corrected chi connectivity index (χ3v) is 5.32. The van der Waals surface area contributed by atoms with E-state index in [4.69, 9.17) is 15.2 Å². The lowest BCUT2D eigenvalue weighted by molar-refractivity contribution is 0.313. The van der Waals surface area contributed by atoms with E-state index in [1.165, 1.54) is 7.11 Å². The van der Waals surface area contributed by atoms with Gasteiger partial charge in [0.1, 0.15) is 17.6 Å². The second-order valence-electron chi connectivity index (χ2n) is 6.44. The Kier molecular flexibility index (Phi) is 4.77. The van der Waals surface area contributed by atoms with Gasteiger partial charge in [-0.05, 0) is 23.8 Å². The Bertz CT molecular complexity index is 944. The summed E-state index contributed by atoms with van der Waals surface area (Å²) >= 11 is 0. The molecule has 0 saturated heterocycles. The Balaban J connectivity index is 2.37. The molecule has 0 amide bonds. The van der Waals surface area contributed by atoms with Gasteiger partial charge in [0.15, 0.2) is 5.41 Å². The van der Waals surface area contributed by atoms with E-state index >= 15 is 0 Å². The van der Waals surface area contributed by atoms with Crippen LogP contribution in [0.25, 0.3) is 0 Å². The van der Waals surface area contributed by atoms with E-state index in [2.05, 4.69) is 23.5 Å². The number of nitrogens with zero attached hydrogens (tertiary/aromatic N) is 3. The molecule has 136 valence electrons. The maximum absolute atomic E-state index is 10.0. The number of benzene rings is 1. The fraction of sp³-hybridized carbons (Fsp3) is 0.350. The Hall–Kier alpha value is -3.47. The van der Waals surface area contributed by atoms with Gasteiger partial charge in [-0.1, -0.05) is 6.08 Å². The molecule has 2 atom stereocenters. The minimum atomic E-state index is -1.69. The van der Waals surface area contributed by atoms with Gasteiger partial charge in [-0.15, -0.1) is 0 Å². The predicted molar refractivity (Wildman–Crippen MR) is 97.2 cm³/mol. The quantitative estimate of drug-likeness (QED) is 0.838. The van der Waals surface area contributed by atoms with Crippen LogP contribution in [0.4, 0.5) is 0 Å². The van der Waals surface area contributed by atoms with Crippen molar-refractivity contribution in [3.05, 3.63) is 46.7 Å². The van der Waals surface area contributed by atoms with Crippen LogP contribution < -0.4 is 20.5 Å². The number of nitrogens with two attached hydrogens (primary N) is 1. The highest BCUT2D eigenvalue weighted by molar-refractivity contribution is 5.61. The molecule has 0 fully saturated rings. The Labute approximate surface area is 157 Å². The van der Waals surface area contributed by atoms with Crippen molar-refractivity contribution in [3.63, 3.8) is 0 Å². The molecule has 0 saturated carbocycles. The first kappa shape index (κ1) is 18.3. The van der Waals surface area contributed by atoms with Gasteiger partial charge < -0.3 is 20.5 Å². The zero-order valence-corrected chi connectivity index (χ0v) is 15.1. The zero-order valence-electron chi connectivity index (χ0n) is 15.1. The smallest absolute Gasteiger partial charge is 0.191 e. The van der Waals surface area contributed by atoms with Crippen LogP contribution in [0, 0.1) is 45.3 Å². The third kappa shape index (κ3) is 2.59. The first-order chi connectivity index (χ1) is 13.1. The van der Waals surface area contributed by atoms with Crippen molar-refractivity contribution < 1.29 is 9.47 Å². The fourth-order valence-electron chi connectivity index (χ4n) is 4.03. The summed E-state index contributed by atoms with van der Waals surface area (Å²) in [5, 5.41) is 33.0. The van der Waals surface area contributed by atoms with Gasteiger partial charge in [-0.3, -0.25) is 0 Å². The number of methoxy groups -OCH3 is 2. The van der Waals surface area contributed by atoms with Crippen LogP contribution in [0.1, 0.15) is 11.5 Å². The molecule has 27 heavy (non-hydrogen) atoms. The SMILES string of the molecule is COc1ccc(OC)c([C@@H]2[C@H]3CNCC=C3C(C#N)=C(N)C2(C#N)C#N)c1. The molecule has 0 unspecified atom stereocenters. The summed E-state index contributed by atoms with van der Waals surface area (Å²) in [6.07, 6.45) is 1.90. The molecule has 7 heteroatoms. The summed E-state index contributed by atoms with van der Waals surface area (Å²) in [4.78, 5) is 0. The summed E-state index contributed by atoms with van der Waals surface area (Å²) in [6, 6.07) is 11.6. The number of allylic oxidation sites excluding steroid dienone is 2. The summed E-state index contributed by atoms with van der Waals surface area (Å²) in [7, 11) is 3.08. The number of nitrogens with one attached hydrogen (secondary N) is 1. The summed E-state index contributed by atoms with van der Waals surface area (Å²) in [6.45, 7) is 1.11. The van der Waals surface area contributed by atoms with Crippen molar-refractivity contribution in [2.45, 2.75) is 5.92 Å². The average molecular weight is 361 g/mol. The Morgan fingerprint density at radius 1 is 1.19 bits per heavy atom. The van der Waals surface area contributed by atoms with Gasteiger partial charge in [0.2, 0.25) is 0 Å². The van der Waals surface area contributed by atoms with Crippen LogP contribution in [0.2, 0.25) is 0 Å². The van der Waals surface area contributed by atoms with E-state index < -0.39 is 11.3 Å². The lowest BCUT2D eigenvalue weighted by Crippen LogP contribution is -2.47. The molecule has 1 aliphatic heterocycles. The van der Waals surface area contributed by atoms with Crippen LogP contribution in [-0.2, 0) is 0 Å². The molecule has 3 N–H and O–H groups in total. The van der Waals surface area contributed by atoms with E-state index in [-0.39, 0.29) is 17.2 Å². The normalized spacial score (nSPS) is 23.1. The minimum Gasteiger partial charge on any atom is -0.497 e. The zero-order chi connectivity index (χ0) is 19.6. The van der Waals surface area contributed by atoms with Gasteiger partial charge in [0.05, 0.1) is 37.6 Å². The summed E-state index contributed by atoms with van der Waals surface area (Å²) < 4.78 is 10.9. The first-order valence-electron chi connectivity index (χ1n) is 8.43. The second-order valence-corrected chi connectivity index (χ2v) is 6.44. The van der Waals surface area contributed by atoms with Crippen molar-refractivity contribution in [3.8, 4) is 29.7 Å². The van der Waals surface area contributed by atoms with Crippen LogP contribution in [0.15, 0.2) is 41.1 Å². The monoisotopic (exact) mass is 361 g/mol. The summed E-state index contributed by atoms with van der Waals surface area (Å²) in [5.41, 5.74) is 6.22. The highest BCUT2D eigenvalue weighted by atomic mass is 16.5. The number of ether oxygens (including phenoxy) is 2. The van der Waals surface area contributed by atoms with E-state index in [0.29, 0.717) is 30.2 Å². The van der Waals surface area contributed by atoms with Gasteiger partial charge in [-0.2, -0.15) is 15.8 Å². The Morgan fingerprint density at radius 2 is 1.93 bits per heavy atom. The molecule has 3 rings (SSSR count). The topological polar surface area (TPSA) is 128 Å². The van der Waals surface area contributed by atoms with Gasteiger partial charge in [-0.25, -0.2) is 0 Å². The maximum Gasteiger partial charge on any atom is 0.191 e. The number of fused-ring (bicyclic) bond motifs is 1. The van der Waals surface area contributed by atoms with Crippen LogP contribution in [0.5, 0.6) is 11.5 Å². The first-order valence-corrected chi connectivity index (χ1v) is 8.43. The van der Waals surface area contributed by atoms with Gasteiger partial charge in [0.25, 0.3) is 0 Å². The van der Waals surface area contributed by atoms with Crippen molar-refractivity contribution in [2.75, 3.05) is 27.3 Å². The molecule has 1 aliphatic carbocycles. The maximum atomic E-state index is 10.0. The molecular formula is C20H19N5O2. The average Bonchev–Trinajstić information content (AvgIpc) is 2.72. The highest BCUT2D eigenvalue weighted by Crippen LogP contribution is 2.55. The van der Waals surface area contributed by atoms with Gasteiger partial charge in [0, 0.05) is 30.5 Å². The van der Waals surface area contributed by atoms with E-state index in [1.54, 1.807) is 25.3 Å². The van der Waals surface area contributed by atoms with Crippen molar-refractivity contribution in [1.82, 2.24) is 5.32 Å². The second kappa shape index (κ2) is 7.03. The fourth-order valence-corrected chi connectivity index (χ4v) is 4.03.